The lowest BCUT2D eigenvalue weighted by atomic mass is 10.1. The number of ether oxygens (including phenoxy) is 1. The van der Waals surface area contributed by atoms with Crippen molar-refractivity contribution in [2.24, 2.45) is 0 Å². The van der Waals surface area contributed by atoms with Crippen LogP contribution in [-0.4, -0.2) is 49.4 Å². The molecule has 1 atom stereocenters. The maximum atomic E-state index is 12.9. The molecule has 3 amide bonds. The predicted molar refractivity (Wildman–Crippen MR) is 120 cm³/mol. The predicted octanol–water partition coefficient (Wildman–Crippen LogP) is 2.27. The highest BCUT2D eigenvalue weighted by Crippen LogP contribution is 2.20. The first-order chi connectivity index (χ1) is 15.7. The molecule has 0 radical (unpaired) electrons. The highest BCUT2D eigenvalue weighted by Gasteiger charge is 2.18. The van der Waals surface area contributed by atoms with Crippen LogP contribution in [-0.2, 0) is 25.5 Å². The monoisotopic (exact) mass is 497 g/mol. The van der Waals surface area contributed by atoms with Crippen LogP contribution in [0.25, 0.3) is 0 Å². The van der Waals surface area contributed by atoms with Crippen molar-refractivity contribution in [3.63, 3.8) is 0 Å². The molecule has 0 aliphatic rings. The van der Waals surface area contributed by atoms with Gasteiger partial charge in [-0.1, -0.05) is 35.3 Å². The molecule has 0 saturated heterocycles. The first kappa shape index (κ1) is 26.1. The Kier molecular flexibility index (Phi) is 10.1. The van der Waals surface area contributed by atoms with Crippen molar-refractivity contribution in [1.29, 1.82) is 0 Å². The minimum atomic E-state index is -1.07. The fourth-order valence-corrected chi connectivity index (χ4v) is 3.07. The van der Waals surface area contributed by atoms with Crippen molar-refractivity contribution in [1.82, 2.24) is 16.0 Å². The zero-order valence-corrected chi connectivity index (χ0v) is 19.1. The van der Waals surface area contributed by atoms with Crippen molar-refractivity contribution in [2.75, 3.05) is 19.6 Å². The Morgan fingerprint density at radius 1 is 0.970 bits per heavy atom. The normalized spacial score (nSPS) is 11.3. The maximum absolute atomic E-state index is 12.9. The third kappa shape index (κ3) is 9.07. The Morgan fingerprint density at radius 3 is 2.33 bits per heavy atom. The standard InChI is InChI=1S/C22H22Cl2FN3O5/c1-13(21(31)26-9-8-14-2-5-16(25)6-3-14)33-20(30)12-27-19(29)11-28-22(32)17-7-4-15(23)10-18(17)24/h2-7,10,13H,8-9,11-12H2,1H3,(H,26,31)(H,27,29)(H,28,32). The van der Waals surface area contributed by atoms with Gasteiger partial charge in [-0.05, 0) is 49.2 Å². The Balaban J connectivity index is 1.65. The van der Waals surface area contributed by atoms with E-state index in [0.29, 0.717) is 11.4 Å². The molecule has 2 rings (SSSR count). The van der Waals surface area contributed by atoms with E-state index < -0.39 is 42.9 Å². The van der Waals surface area contributed by atoms with E-state index in [9.17, 15) is 23.6 Å². The number of carbonyl (C=O) groups excluding carboxylic acids is 4. The summed E-state index contributed by atoms with van der Waals surface area (Å²) in [7, 11) is 0. The fraction of sp³-hybridized carbons (Fsp3) is 0.273. The third-order valence-corrected chi connectivity index (χ3v) is 4.87. The Hall–Kier alpha value is -3.17. The first-order valence-corrected chi connectivity index (χ1v) is 10.6. The Labute approximate surface area is 199 Å². The molecule has 176 valence electrons. The molecule has 3 N–H and O–H groups in total. The lowest BCUT2D eigenvalue weighted by Gasteiger charge is -2.14. The van der Waals surface area contributed by atoms with Gasteiger partial charge in [0.1, 0.15) is 12.4 Å². The number of rotatable bonds is 10. The van der Waals surface area contributed by atoms with E-state index in [4.69, 9.17) is 27.9 Å². The van der Waals surface area contributed by atoms with Crippen molar-refractivity contribution in [2.45, 2.75) is 19.4 Å². The first-order valence-electron chi connectivity index (χ1n) is 9.87. The number of amides is 3. The van der Waals surface area contributed by atoms with Crippen LogP contribution in [0.15, 0.2) is 42.5 Å². The van der Waals surface area contributed by atoms with E-state index in [1.54, 1.807) is 12.1 Å². The van der Waals surface area contributed by atoms with Crippen LogP contribution < -0.4 is 16.0 Å². The van der Waals surface area contributed by atoms with Gasteiger partial charge in [0.25, 0.3) is 11.8 Å². The summed E-state index contributed by atoms with van der Waals surface area (Å²) in [4.78, 5) is 47.8. The van der Waals surface area contributed by atoms with Gasteiger partial charge >= 0.3 is 5.97 Å². The number of benzene rings is 2. The summed E-state index contributed by atoms with van der Waals surface area (Å²) in [6, 6.07) is 10.2. The number of hydrogen-bond donors (Lipinski definition) is 3. The molecular formula is C22H22Cl2FN3O5. The number of halogens is 3. The van der Waals surface area contributed by atoms with Crippen LogP contribution in [0.2, 0.25) is 10.0 Å². The molecular weight excluding hydrogens is 476 g/mol. The quantitative estimate of drug-likeness (QED) is 0.435. The Bertz CT molecular complexity index is 1020. The molecule has 2 aromatic rings. The highest BCUT2D eigenvalue weighted by molar-refractivity contribution is 6.36. The fourth-order valence-electron chi connectivity index (χ4n) is 2.58. The second kappa shape index (κ2) is 12.8. The summed E-state index contributed by atoms with van der Waals surface area (Å²) >= 11 is 11.7. The summed E-state index contributed by atoms with van der Waals surface area (Å²) in [5.41, 5.74) is 0.988. The molecule has 0 heterocycles. The van der Waals surface area contributed by atoms with Gasteiger partial charge in [0.15, 0.2) is 6.10 Å². The molecule has 0 saturated carbocycles. The van der Waals surface area contributed by atoms with E-state index in [0.717, 1.165) is 5.56 Å². The summed E-state index contributed by atoms with van der Waals surface area (Å²) < 4.78 is 17.9. The van der Waals surface area contributed by atoms with E-state index in [1.165, 1.54) is 37.3 Å². The van der Waals surface area contributed by atoms with Gasteiger partial charge in [-0.15, -0.1) is 0 Å². The van der Waals surface area contributed by atoms with E-state index >= 15 is 0 Å². The number of carbonyl (C=O) groups is 4. The summed E-state index contributed by atoms with van der Waals surface area (Å²) in [5.74, 6) is -2.90. The lowest BCUT2D eigenvalue weighted by Crippen LogP contribution is -2.42. The smallest absolute Gasteiger partial charge is 0.326 e. The third-order valence-electron chi connectivity index (χ3n) is 4.32. The second-order valence-electron chi connectivity index (χ2n) is 6.88. The highest BCUT2D eigenvalue weighted by atomic mass is 35.5. The van der Waals surface area contributed by atoms with Crippen LogP contribution in [0.4, 0.5) is 4.39 Å². The molecule has 11 heteroatoms. The molecule has 0 fully saturated rings. The van der Waals surface area contributed by atoms with Gasteiger partial charge in [-0.3, -0.25) is 19.2 Å². The molecule has 0 aliphatic heterocycles. The van der Waals surface area contributed by atoms with Crippen LogP contribution in [0.5, 0.6) is 0 Å². The van der Waals surface area contributed by atoms with Gasteiger partial charge in [-0.25, -0.2) is 4.39 Å². The molecule has 0 bridgehead atoms. The number of hydrogen-bond acceptors (Lipinski definition) is 5. The molecule has 0 aliphatic carbocycles. The zero-order chi connectivity index (χ0) is 24.4. The lowest BCUT2D eigenvalue weighted by molar-refractivity contribution is -0.154. The number of esters is 1. The van der Waals surface area contributed by atoms with Crippen LogP contribution in [0.1, 0.15) is 22.8 Å². The summed E-state index contributed by atoms with van der Waals surface area (Å²) in [6.45, 7) is 0.789. The van der Waals surface area contributed by atoms with Crippen LogP contribution in [0, 0.1) is 5.82 Å². The van der Waals surface area contributed by atoms with Crippen molar-refractivity contribution < 1.29 is 28.3 Å². The van der Waals surface area contributed by atoms with Gasteiger partial charge < -0.3 is 20.7 Å². The summed E-state index contributed by atoms with van der Waals surface area (Å²) in [5, 5.41) is 7.75. The van der Waals surface area contributed by atoms with Gasteiger partial charge in [0, 0.05) is 11.6 Å². The van der Waals surface area contributed by atoms with E-state index in [-0.39, 0.29) is 22.9 Å². The minimum absolute atomic E-state index is 0.133. The van der Waals surface area contributed by atoms with Gasteiger partial charge in [-0.2, -0.15) is 0 Å². The zero-order valence-electron chi connectivity index (χ0n) is 17.6. The SMILES string of the molecule is CC(OC(=O)CNC(=O)CNC(=O)c1ccc(Cl)cc1Cl)C(=O)NCCc1ccc(F)cc1. The van der Waals surface area contributed by atoms with E-state index in [1.807, 2.05) is 0 Å². The second-order valence-corrected chi connectivity index (χ2v) is 7.73. The van der Waals surface area contributed by atoms with Gasteiger partial charge in [0.05, 0.1) is 17.1 Å². The van der Waals surface area contributed by atoms with Crippen LogP contribution in [0.3, 0.4) is 0 Å². The van der Waals surface area contributed by atoms with Gasteiger partial charge in [0.2, 0.25) is 5.91 Å². The summed E-state index contributed by atoms with van der Waals surface area (Å²) in [6.07, 6.45) is -0.593. The molecule has 33 heavy (non-hydrogen) atoms. The topological polar surface area (TPSA) is 114 Å². The maximum Gasteiger partial charge on any atom is 0.326 e. The largest absolute Gasteiger partial charge is 0.451 e. The van der Waals surface area contributed by atoms with Crippen molar-refractivity contribution in [3.05, 3.63) is 69.5 Å². The van der Waals surface area contributed by atoms with Crippen LogP contribution >= 0.6 is 23.2 Å². The van der Waals surface area contributed by atoms with Crippen molar-refractivity contribution in [3.8, 4) is 0 Å². The minimum Gasteiger partial charge on any atom is -0.451 e. The van der Waals surface area contributed by atoms with E-state index in [2.05, 4.69) is 16.0 Å². The molecule has 1 unspecified atom stereocenters. The molecule has 0 spiro atoms. The molecule has 8 nitrogen and oxygen atoms in total. The molecule has 0 aromatic heterocycles. The molecule has 2 aromatic carbocycles. The number of nitrogens with one attached hydrogen (secondary N) is 3. The average molecular weight is 498 g/mol. The average Bonchev–Trinajstić information content (AvgIpc) is 2.77. The van der Waals surface area contributed by atoms with Crippen molar-refractivity contribution >= 4 is 46.9 Å². The Morgan fingerprint density at radius 2 is 1.67 bits per heavy atom.